The molecule has 1 unspecified atom stereocenters. The zero-order chi connectivity index (χ0) is 13.7. The van der Waals surface area contributed by atoms with Gasteiger partial charge in [0, 0.05) is 23.5 Å². The second kappa shape index (κ2) is 6.89. The molecule has 0 amide bonds. The predicted molar refractivity (Wildman–Crippen MR) is 78.9 cm³/mol. The standard InChI is InChI=1S/C15H19NO2S/c1-3-13(16-8-10-18-11-9-16)15(17)12-6-4-5-7-14(12)19-2/h3-7,13H,1,8-11H2,2H3. The van der Waals surface area contributed by atoms with Gasteiger partial charge in [0.25, 0.3) is 0 Å². The van der Waals surface area contributed by atoms with Crippen LogP contribution in [0, 0.1) is 0 Å². The first-order chi connectivity index (χ1) is 9.27. The minimum absolute atomic E-state index is 0.127. The molecule has 102 valence electrons. The van der Waals surface area contributed by atoms with Crippen molar-refractivity contribution in [1.82, 2.24) is 4.90 Å². The Bertz CT molecular complexity index is 455. The van der Waals surface area contributed by atoms with Gasteiger partial charge in [0.05, 0.1) is 19.3 Å². The Kier molecular flexibility index (Phi) is 5.19. The van der Waals surface area contributed by atoms with Crippen LogP contribution in [-0.2, 0) is 4.74 Å². The molecule has 0 bridgehead atoms. The number of hydrogen-bond acceptors (Lipinski definition) is 4. The SMILES string of the molecule is C=CC(C(=O)c1ccccc1SC)N1CCOCC1. The molecule has 0 spiro atoms. The van der Waals surface area contributed by atoms with Crippen LogP contribution in [0.15, 0.2) is 41.8 Å². The monoisotopic (exact) mass is 277 g/mol. The van der Waals surface area contributed by atoms with E-state index < -0.39 is 0 Å². The number of ether oxygens (including phenoxy) is 1. The summed E-state index contributed by atoms with van der Waals surface area (Å²) in [5.41, 5.74) is 0.784. The third kappa shape index (κ3) is 3.26. The van der Waals surface area contributed by atoms with Gasteiger partial charge in [-0.2, -0.15) is 0 Å². The van der Waals surface area contributed by atoms with Crippen molar-refractivity contribution in [2.75, 3.05) is 32.6 Å². The molecule has 1 saturated heterocycles. The molecular weight excluding hydrogens is 258 g/mol. The molecule has 0 aliphatic carbocycles. The van der Waals surface area contributed by atoms with Crippen molar-refractivity contribution in [2.24, 2.45) is 0 Å². The fourth-order valence-corrected chi connectivity index (χ4v) is 2.89. The van der Waals surface area contributed by atoms with Crippen molar-refractivity contribution >= 4 is 17.5 Å². The molecule has 1 aliphatic heterocycles. The van der Waals surface area contributed by atoms with E-state index in [-0.39, 0.29) is 11.8 Å². The fourth-order valence-electron chi connectivity index (χ4n) is 2.29. The first kappa shape index (κ1) is 14.3. The number of carbonyl (C=O) groups is 1. The quantitative estimate of drug-likeness (QED) is 0.470. The van der Waals surface area contributed by atoms with Crippen molar-refractivity contribution in [1.29, 1.82) is 0 Å². The molecule has 1 aromatic carbocycles. The molecule has 1 aromatic rings. The molecule has 1 aliphatic rings. The number of benzene rings is 1. The van der Waals surface area contributed by atoms with Crippen LogP contribution in [0.2, 0.25) is 0 Å². The highest BCUT2D eigenvalue weighted by molar-refractivity contribution is 7.98. The van der Waals surface area contributed by atoms with Crippen molar-refractivity contribution in [2.45, 2.75) is 10.9 Å². The summed E-state index contributed by atoms with van der Waals surface area (Å²) < 4.78 is 5.33. The van der Waals surface area contributed by atoms with Crippen molar-refractivity contribution < 1.29 is 9.53 Å². The third-order valence-corrected chi connectivity index (χ3v) is 4.10. The maximum Gasteiger partial charge on any atom is 0.184 e. The first-order valence-electron chi connectivity index (χ1n) is 6.39. The molecule has 19 heavy (non-hydrogen) atoms. The van der Waals surface area contributed by atoms with Gasteiger partial charge in [-0.05, 0) is 12.3 Å². The molecule has 3 nitrogen and oxygen atoms in total. The van der Waals surface area contributed by atoms with Gasteiger partial charge >= 0.3 is 0 Å². The van der Waals surface area contributed by atoms with E-state index >= 15 is 0 Å². The van der Waals surface area contributed by atoms with E-state index in [0.717, 1.165) is 23.5 Å². The lowest BCUT2D eigenvalue weighted by Crippen LogP contribution is -2.46. The molecule has 1 atom stereocenters. The minimum Gasteiger partial charge on any atom is -0.379 e. The normalized spacial score (nSPS) is 17.9. The van der Waals surface area contributed by atoms with Gasteiger partial charge in [-0.25, -0.2) is 0 Å². The summed E-state index contributed by atoms with van der Waals surface area (Å²) in [5, 5.41) is 0. The molecule has 4 heteroatoms. The van der Waals surface area contributed by atoms with Gasteiger partial charge in [0.15, 0.2) is 5.78 Å². The van der Waals surface area contributed by atoms with Crippen LogP contribution < -0.4 is 0 Å². The van der Waals surface area contributed by atoms with Crippen LogP contribution in [-0.4, -0.2) is 49.3 Å². The number of Topliss-reactive ketones (excluding diaryl/α,β-unsaturated/α-hetero) is 1. The lowest BCUT2D eigenvalue weighted by atomic mass is 10.0. The van der Waals surface area contributed by atoms with Crippen LogP contribution >= 0.6 is 11.8 Å². The number of hydrogen-bond donors (Lipinski definition) is 0. The van der Waals surface area contributed by atoms with E-state index in [9.17, 15) is 4.79 Å². The average Bonchev–Trinajstić information content (AvgIpc) is 2.49. The molecule has 0 radical (unpaired) electrons. The third-order valence-electron chi connectivity index (χ3n) is 3.30. The predicted octanol–water partition coefficient (Wildman–Crippen LogP) is 2.48. The summed E-state index contributed by atoms with van der Waals surface area (Å²) in [7, 11) is 0. The second-order valence-electron chi connectivity index (χ2n) is 4.39. The second-order valence-corrected chi connectivity index (χ2v) is 5.24. The summed E-state index contributed by atoms with van der Waals surface area (Å²) >= 11 is 1.60. The Balaban J connectivity index is 2.22. The number of carbonyl (C=O) groups excluding carboxylic acids is 1. The molecule has 1 heterocycles. The number of morpholine rings is 1. The van der Waals surface area contributed by atoms with E-state index in [1.807, 2.05) is 30.5 Å². The van der Waals surface area contributed by atoms with Crippen LogP contribution in [0.1, 0.15) is 10.4 Å². The van der Waals surface area contributed by atoms with E-state index in [4.69, 9.17) is 4.74 Å². The molecule has 0 N–H and O–H groups in total. The zero-order valence-electron chi connectivity index (χ0n) is 11.2. The summed E-state index contributed by atoms with van der Waals surface area (Å²) in [5.74, 6) is 0.127. The highest BCUT2D eigenvalue weighted by atomic mass is 32.2. The number of thioether (sulfide) groups is 1. The molecule has 2 rings (SSSR count). The van der Waals surface area contributed by atoms with Gasteiger partial charge < -0.3 is 4.74 Å². The largest absolute Gasteiger partial charge is 0.379 e. The van der Waals surface area contributed by atoms with Crippen LogP contribution in [0.3, 0.4) is 0 Å². The highest BCUT2D eigenvalue weighted by Gasteiger charge is 2.26. The highest BCUT2D eigenvalue weighted by Crippen LogP contribution is 2.23. The van der Waals surface area contributed by atoms with Gasteiger partial charge in [0.1, 0.15) is 0 Å². The molecular formula is C15H19NO2S. The molecule has 0 saturated carbocycles. The Morgan fingerprint density at radius 3 is 2.74 bits per heavy atom. The van der Waals surface area contributed by atoms with Gasteiger partial charge in [-0.3, -0.25) is 9.69 Å². The average molecular weight is 277 g/mol. The number of ketones is 1. The lowest BCUT2D eigenvalue weighted by Gasteiger charge is -2.32. The maximum absolute atomic E-state index is 12.7. The maximum atomic E-state index is 12.7. The Labute approximate surface area is 118 Å². The van der Waals surface area contributed by atoms with E-state index in [2.05, 4.69) is 11.5 Å². The Hall–Kier alpha value is -1.10. The Morgan fingerprint density at radius 2 is 2.11 bits per heavy atom. The van der Waals surface area contributed by atoms with Crippen molar-refractivity contribution in [3.8, 4) is 0 Å². The van der Waals surface area contributed by atoms with Crippen LogP contribution in [0.4, 0.5) is 0 Å². The van der Waals surface area contributed by atoms with E-state index in [1.165, 1.54) is 0 Å². The number of nitrogens with zero attached hydrogens (tertiary/aromatic N) is 1. The minimum atomic E-state index is -0.253. The van der Waals surface area contributed by atoms with Crippen LogP contribution in [0.5, 0.6) is 0 Å². The van der Waals surface area contributed by atoms with Crippen LogP contribution in [0.25, 0.3) is 0 Å². The van der Waals surface area contributed by atoms with Gasteiger partial charge in [-0.15, -0.1) is 18.3 Å². The van der Waals surface area contributed by atoms with Gasteiger partial charge in [-0.1, -0.05) is 24.3 Å². The molecule has 0 aromatic heterocycles. The van der Waals surface area contributed by atoms with E-state index in [0.29, 0.717) is 13.2 Å². The lowest BCUT2D eigenvalue weighted by molar-refractivity contribution is 0.0255. The van der Waals surface area contributed by atoms with Crippen molar-refractivity contribution in [3.05, 3.63) is 42.5 Å². The van der Waals surface area contributed by atoms with E-state index in [1.54, 1.807) is 17.8 Å². The summed E-state index contributed by atoms with van der Waals surface area (Å²) in [6.07, 6.45) is 3.73. The van der Waals surface area contributed by atoms with Gasteiger partial charge in [0.2, 0.25) is 0 Å². The summed E-state index contributed by atoms with van der Waals surface area (Å²) in [6, 6.07) is 7.49. The fraction of sp³-hybridized carbons (Fsp3) is 0.400. The summed E-state index contributed by atoms with van der Waals surface area (Å²) in [4.78, 5) is 15.8. The van der Waals surface area contributed by atoms with Crippen molar-refractivity contribution in [3.63, 3.8) is 0 Å². The topological polar surface area (TPSA) is 29.5 Å². The molecule has 1 fully saturated rings. The number of rotatable bonds is 5. The smallest absolute Gasteiger partial charge is 0.184 e. The zero-order valence-corrected chi connectivity index (χ0v) is 12.0. The summed E-state index contributed by atoms with van der Waals surface area (Å²) in [6.45, 7) is 6.76. The first-order valence-corrected chi connectivity index (χ1v) is 7.62. The Morgan fingerprint density at radius 1 is 1.42 bits per heavy atom.